The van der Waals surface area contributed by atoms with Gasteiger partial charge in [-0.05, 0) is 24.6 Å². The molecule has 0 fully saturated rings. The lowest BCUT2D eigenvalue weighted by molar-refractivity contribution is 0.619. The van der Waals surface area contributed by atoms with E-state index in [0.717, 1.165) is 24.2 Å². The lowest BCUT2D eigenvalue weighted by Gasteiger charge is -2.04. The Labute approximate surface area is 116 Å². The minimum absolute atomic E-state index is 0.0773. The summed E-state index contributed by atoms with van der Waals surface area (Å²) in [4.78, 5) is 0. The Kier molecular flexibility index (Phi) is 4.22. The molecule has 1 aromatic heterocycles. The summed E-state index contributed by atoms with van der Waals surface area (Å²) in [7, 11) is 0. The van der Waals surface area contributed by atoms with Crippen LogP contribution < -0.4 is 5.73 Å². The van der Waals surface area contributed by atoms with Crippen LogP contribution in [0.15, 0.2) is 24.4 Å². The Hall–Kier alpha value is -1.10. The number of aromatic nitrogens is 3. The molecule has 4 nitrogen and oxygen atoms in total. The molecule has 0 aliphatic carbocycles. The summed E-state index contributed by atoms with van der Waals surface area (Å²) in [5.41, 5.74) is 7.58. The highest BCUT2D eigenvalue weighted by molar-refractivity contribution is 6.42. The van der Waals surface area contributed by atoms with E-state index in [4.69, 9.17) is 28.9 Å². The van der Waals surface area contributed by atoms with Gasteiger partial charge in [0.05, 0.1) is 33.7 Å². The number of hydrogen-bond donors (Lipinski definition) is 1. The van der Waals surface area contributed by atoms with Crippen molar-refractivity contribution in [1.29, 1.82) is 0 Å². The Morgan fingerprint density at radius 1 is 1.33 bits per heavy atom. The van der Waals surface area contributed by atoms with Crippen LogP contribution in [-0.2, 0) is 0 Å². The highest BCUT2D eigenvalue weighted by Crippen LogP contribution is 2.24. The van der Waals surface area contributed by atoms with E-state index < -0.39 is 0 Å². The van der Waals surface area contributed by atoms with E-state index in [1.807, 2.05) is 12.3 Å². The standard InChI is InChI=1S/C12H14Cl2N4/c1-2-3-11(15)12-7-18(17-16-12)8-4-5-9(13)10(14)6-8/h4-7,11H,2-3,15H2,1H3. The van der Waals surface area contributed by atoms with Crippen molar-refractivity contribution in [1.82, 2.24) is 15.0 Å². The van der Waals surface area contributed by atoms with Gasteiger partial charge < -0.3 is 5.73 Å². The number of nitrogens with two attached hydrogens (primary N) is 1. The zero-order chi connectivity index (χ0) is 13.1. The van der Waals surface area contributed by atoms with Gasteiger partial charge in [-0.15, -0.1) is 5.10 Å². The van der Waals surface area contributed by atoms with Crippen LogP contribution in [0.3, 0.4) is 0 Å². The largest absolute Gasteiger partial charge is 0.323 e. The summed E-state index contributed by atoms with van der Waals surface area (Å²) in [5.74, 6) is 0. The molecule has 2 rings (SSSR count). The zero-order valence-electron chi connectivity index (χ0n) is 9.98. The van der Waals surface area contributed by atoms with Crippen LogP contribution in [0.25, 0.3) is 5.69 Å². The Bertz CT molecular complexity index is 539. The second-order valence-corrected chi connectivity index (χ2v) is 4.90. The minimum Gasteiger partial charge on any atom is -0.323 e. The Morgan fingerprint density at radius 2 is 2.11 bits per heavy atom. The van der Waals surface area contributed by atoms with Gasteiger partial charge in [0.1, 0.15) is 0 Å². The quantitative estimate of drug-likeness (QED) is 0.937. The minimum atomic E-state index is -0.0773. The van der Waals surface area contributed by atoms with Crippen LogP contribution in [0, 0.1) is 0 Å². The van der Waals surface area contributed by atoms with Crippen molar-refractivity contribution >= 4 is 23.2 Å². The average molecular weight is 285 g/mol. The summed E-state index contributed by atoms with van der Waals surface area (Å²) in [6.45, 7) is 2.09. The Morgan fingerprint density at radius 3 is 2.78 bits per heavy atom. The molecule has 2 N–H and O–H groups in total. The molecule has 0 spiro atoms. The van der Waals surface area contributed by atoms with E-state index >= 15 is 0 Å². The number of hydrogen-bond acceptors (Lipinski definition) is 3. The zero-order valence-corrected chi connectivity index (χ0v) is 11.5. The smallest absolute Gasteiger partial charge is 0.0998 e. The summed E-state index contributed by atoms with van der Waals surface area (Å²) in [5, 5.41) is 9.13. The van der Waals surface area contributed by atoms with Gasteiger partial charge in [0.25, 0.3) is 0 Å². The first-order valence-corrected chi connectivity index (χ1v) is 6.50. The SMILES string of the molecule is CCCC(N)c1cn(-c2ccc(Cl)c(Cl)c2)nn1. The highest BCUT2D eigenvalue weighted by Gasteiger charge is 2.10. The van der Waals surface area contributed by atoms with Crippen molar-refractivity contribution in [2.24, 2.45) is 5.73 Å². The third-order valence-electron chi connectivity index (χ3n) is 2.66. The maximum Gasteiger partial charge on any atom is 0.0998 e. The van der Waals surface area contributed by atoms with Gasteiger partial charge in [-0.3, -0.25) is 0 Å². The molecule has 0 saturated carbocycles. The van der Waals surface area contributed by atoms with Crippen molar-refractivity contribution in [3.8, 4) is 5.69 Å². The molecule has 0 aliphatic heterocycles. The van der Waals surface area contributed by atoms with Crippen LogP contribution in [0.4, 0.5) is 0 Å². The maximum absolute atomic E-state index is 5.99. The van der Waals surface area contributed by atoms with Gasteiger partial charge in [0.15, 0.2) is 0 Å². The fourth-order valence-electron chi connectivity index (χ4n) is 1.66. The molecule has 0 amide bonds. The second kappa shape index (κ2) is 5.69. The number of halogens is 2. The van der Waals surface area contributed by atoms with Crippen LogP contribution in [0.5, 0.6) is 0 Å². The van der Waals surface area contributed by atoms with Crippen molar-refractivity contribution < 1.29 is 0 Å². The first-order chi connectivity index (χ1) is 8.61. The maximum atomic E-state index is 5.99. The molecule has 0 bridgehead atoms. The van der Waals surface area contributed by atoms with Gasteiger partial charge in [0.2, 0.25) is 0 Å². The van der Waals surface area contributed by atoms with Gasteiger partial charge >= 0.3 is 0 Å². The molecule has 0 saturated heterocycles. The Balaban J connectivity index is 2.26. The highest BCUT2D eigenvalue weighted by atomic mass is 35.5. The molecular weight excluding hydrogens is 271 g/mol. The van der Waals surface area contributed by atoms with E-state index in [9.17, 15) is 0 Å². The molecule has 2 aromatic rings. The van der Waals surface area contributed by atoms with Gasteiger partial charge in [-0.2, -0.15) is 0 Å². The molecule has 6 heteroatoms. The third-order valence-corrected chi connectivity index (χ3v) is 3.40. The fourth-order valence-corrected chi connectivity index (χ4v) is 1.95. The molecule has 0 aliphatic rings. The van der Waals surface area contributed by atoms with Crippen LogP contribution in [0.2, 0.25) is 10.0 Å². The van der Waals surface area contributed by atoms with Crippen molar-refractivity contribution in [2.75, 3.05) is 0 Å². The van der Waals surface area contributed by atoms with Crippen molar-refractivity contribution in [2.45, 2.75) is 25.8 Å². The monoisotopic (exact) mass is 284 g/mol. The number of rotatable bonds is 4. The second-order valence-electron chi connectivity index (χ2n) is 4.08. The first kappa shape index (κ1) is 13.3. The number of benzene rings is 1. The van der Waals surface area contributed by atoms with E-state index in [0.29, 0.717) is 10.0 Å². The van der Waals surface area contributed by atoms with Gasteiger partial charge in [-0.1, -0.05) is 41.8 Å². The predicted molar refractivity (Wildman–Crippen MR) is 73.2 cm³/mol. The first-order valence-electron chi connectivity index (χ1n) is 5.75. The van der Waals surface area contributed by atoms with Gasteiger partial charge in [0, 0.05) is 0 Å². The van der Waals surface area contributed by atoms with Crippen LogP contribution >= 0.6 is 23.2 Å². The normalized spacial score (nSPS) is 12.7. The molecule has 0 radical (unpaired) electrons. The van der Waals surface area contributed by atoms with E-state index in [2.05, 4.69) is 17.2 Å². The molecule has 96 valence electrons. The molecule has 1 aromatic carbocycles. The summed E-state index contributed by atoms with van der Waals surface area (Å²) in [6.07, 6.45) is 3.72. The predicted octanol–water partition coefficient (Wildman–Crippen LogP) is 3.37. The summed E-state index contributed by atoms with van der Waals surface area (Å²) in [6, 6.07) is 5.23. The molecular formula is C12H14Cl2N4. The summed E-state index contributed by atoms with van der Waals surface area (Å²) >= 11 is 11.8. The van der Waals surface area contributed by atoms with Crippen LogP contribution in [-0.4, -0.2) is 15.0 Å². The van der Waals surface area contributed by atoms with Crippen molar-refractivity contribution in [3.05, 3.63) is 40.1 Å². The summed E-state index contributed by atoms with van der Waals surface area (Å²) < 4.78 is 1.65. The van der Waals surface area contributed by atoms with Crippen molar-refractivity contribution in [3.63, 3.8) is 0 Å². The lowest BCUT2D eigenvalue weighted by Crippen LogP contribution is -2.10. The molecule has 18 heavy (non-hydrogen) atoms. The van der Waals surface area contributed by atoms with E-state index in [-0.39, 0.29) is 6.04 Å². The molecule has 1 unspecified atom stereocenters. The fraction of sp³-hybridized carbons (Fsp3) is 0.333. The molecule has 1 heterocycles. The lowest BCUT2D eigenvalue weighted by atomic mass is 10.1. The average Bonchev–Trinajstić information content (AvgIpc) is 2.82. The third kappa shape index (κ3) is 2.83. The van der Waals surface area contributed by atoms with E-state index in [1.165, 1.54) is 0 Å². The van der Waals surface area contributed by atoms with Gasteiger partial charge in [-0.25, -0.2) is 4.68 Å². The van der Waals surface area contributed by atoms with Crippen LogP contribution in [0.1, 0.15) is 31.5 Å². The topological polar surface area (TPSA) is 56.7 Å². The van der Waals surface area contributed by atoms with E-state index in [1.54, 1.807) is 16.8 Å². The molecule has 1 atom stereocenters. The number of nitrogens with zero attached hydrogens (tertiary/aromatic N) is 3.